The van der Waals surface area contributed by atoms with E-state index < -0.39 is 17.4 Å². The van der Waals surface area contributed by atoms with Gasteiger partial charge in [0.1, 0.15) is 0 Å². The number of carbonyl (C=O) groups excluding carboxylic acids is 1. The smallest absolute Gasteiger partial charge is 0.336 e. The summed E-state index contributed by atoms with van der Waals surface area (Å²) in [6.07, 6.45) is 0. The zero-order valence-corrected chi connectivity index (χ0v) is 10.9. The third kappa shape index (κ3) is 3.65. The first-order valence-electron chi connectivity index (χ1n) is 5.72. The van der Waals surface area contributed by atoms with Crippen LogP contribution in [0.1, 0.15) is 0 Å². The lowest BCUT2D eigenvalue weighted by molar-refractivity contribution is -0.385. The molecule has 10 heteroatoms. The Labute approximate surface area is 118 Å². The summed E-state index contributed by atoms with van der Waals surface area (Å²) in [5, 5.41) is 19.2. The molecule has 2 N–H and O–H groups in total. The summed E-state index contributed by atoms with van der Waals surface area (Å²) in [5.74, 6) is -0.456. The van der Waals surface area contributed by atoms with Gasteiger partial charge >= 0.3 is 11.7 Å². The Morgan fingerprint density at radius 1 is 1.48 bits per heavy atom. The first kappa shape index (κ1) is 14.2. The van der Waals surface area contributed by atoms with Crippen molar-refractivity contribution in [3.8, 4) is 11.8 Å². The van der Waals surface area contributed by atoms with E-state index in [1.54, 1.807) is 6.07 Å². The number of aromatic nitrogens is 3. The lowest BCUT2D eigenvalue weighted by atomic mass is 10.3. The number of nitrogens with one attached hydrogen (secondary N) is 2. The number of hydrogen-bond acceptors (Lipinski definition) is 7. The molecule has 0 aliphatic carbocycles. The van der Waals surface area contributed by atoms with E-state index >= 15 is 0 Å². The summed E-state index contributed by atoms with van der Waals surface area (Å²) in [7, 11) is 1.38. The number of rotatable bonds is 6. The number of ether oxygens (including phenoxy) is 2. The quantitative estimate of drug-likeness (QED) is 0.592. The number of aromatic amines is 1. The van der Waals surface area contributed by atoms with Gasteiger partial charge in [-0.25, -0.2) is 5.10 Å². The molecule has 0 aliphatic heterocycles. The van der Waals surface area contributed by atoms with Crippen LogP contribution in [-0.4, -0.2) is 39.7 Å². The van der Waals surface area contributed by atoms with Crippen molar-refractivity contribution in [3.63, 3.8) is 0 Å². The van der Waals surface area contributed by atoms with E-state index in [-0.39, 0.29) is 23.4 Å². The second-order valence-corrected chi connectivity index (χ2v) is 3.73. The number of methoxy groups -OCH3 is 1. The van der Waals surface area contributed by atoms with E-state index in [0.717, 1.165) is 0 Å². The molecule has 1 aromatic heterocycles. The van der Waals surface area contributed by atoms with E-state index in [1.807, 2.05) is 0 Å². The molecule has 0 fully saturated rings. The van der Waals surface area contributed by atoms with Crippen molar-refractivity contribution in [2.45, 2.75) is 0 Å². The molecule has 0 aliphatic rings. The normalized spacial score (nSPS) is 9.95. The Kier molecular flexibility index (Phi) is 4.29. The summed E-state index contributed by atoms with van der Waals surface area (Å²) in [6, 6.07) is 5.84. The molecular formula is C11H11N5O5. The van der Waals surface area contributed by atoms with Crippen LogP contribution in [0.15, 0.2) is 24.3 Å². The van der Waals surface area contributed by atoms with Crippen LogP contribution in [-0.2, 0) is 4.79 Å². The second-order valence-electron chi connectivity index (χ2n) is 3.73. The summed E-state index contributed by atoms with van der Waals surface area (Å²) < 4.78 is 9.86. The van der Waals surface area contributed by atoms with Gasteiger partial charge in [-0.1, -0.05) is 12.1 Å². The van der Waals surface area contributed by atoms with Crippen LogP contribution in [0.2, 0.25) is 0 Å². The van der Waals surface area contributed by atoms with Crippen molar-refractivity contribution in [3.05, 3.63) is 34.4 Å². The van der Waals surface area contributed by atoms with Crippen LogP contribution in [0, 0.1) is 10.1 Å². The van der Waals surface area contributed by atoms with E-state index in [4.69, 9.17) is 9.47 Å². The minimum absolute atomic E-state index is 0.00722. The van der Waals surface area contributed by atoms with Crippen molar-refractivity contribution >= 4 is 17.5 Å². The predicted molar refractivity (Wildman–Crippen MR) is 70.2 cm³/mol. The Morgan fingerprint density at radius 3 is 2.90 bits per heavy atom. The van der Waals surface area contributed by atoms with Crippen molar-refractivity contribution in [1.29, 1.82) is 0 Å². The van der Waals surface area contributed by atoms with Gasteiger partial charge in [0.05, 0.1) is 12.0 Å². The topological polar surface area (TPSA) is 132 Å². The number of nitro groups is 1. The lowest BCUT2D eigenvalue weighted by Gasteiger charge is -2.05. The molecule has 10 nitrogen and oxygen atoms in total. The van der Waals surface area contributed by atoms with Crippen LogP contribution >= 0.6 is 0 Å². The number of anilines is 1. The molecule has 110 valence electrons. The summed E-state index contributed by atoms with van der Waals surface area (Å²) in [6.45, 7) is -0.409. The highest BCUT2D eigenvalue weighted by Crippen LogP contribution is 2.25. The Bertz CT molecular complexity index is 656. The summed E-state index contributed by atoms with van der Waals surface area (Å²) in [5.41, 5.74) is -0.216. The number of nitro benzene ring substituents is 1. The number of benzene rings is 1. The fraction of sp³-hybridized carbons (Fsp3) is 0.182. The molecule has 21 heavy (non-hydrogen) atoms. The van der Waals surface area contributed by atoms with Crippen LogP contribution in [0.3, 0.4) is 0 Å². The van der Waals surface area contributed by atoms with Crippen LogP contribution in [0.25, 0.3) is 0 Å². The first-order chi connectivity index (χ1) is 10.1. The largest absolute Gasteiger partial charge is 0.477 e. The van der Waals surface area contributed by atoms with Crippen molar-refractivity contribution < 1.29 is 19.2 Å². The minimum atomic E-state index is -0.589. The van der Waals surface area contributed by atoms with E-state index in [2.05, 4.69) is 20.5 Å². The molecule has 1 heterocycles. The molecular weight excluding hydrogens is 282 g/mol. The predicted octanol–water partition coefficient (Wildman–Crippen LogP) is 0.739. The number of H-pyrrole nitrogens is 1. The van der Waals surface area contributed by atoms with E-state index in [0.29, 0.717) is 0 Å². The van der Waals surface area contributed by atoms with Crippen LogP contribution < -0.4 is 14.8 Å². The van der Waals surface area contributed by atoms with Gasteiger partial charge in [-0.05, 0) is 6.07 Å². The summed E-state index contributed by atoms with van der Waals surface area (Å²) in [4.78, 5) is 25.6. The number of para-hydroxylation sites is 2. The second kappa shape index (κ2) is 6.32. The molecule has 2 aromatic rings. The first-order valence-corrected chi connectivity index (χ1v) is 5.72. The van der Waals surface area contributed by atoms with Gasteiger partial charge in [0.25, 0.3) is 5.91 Å². The third-order valence-electron chi connectivity index (χ3n) is 2.33. The van der Waals surface area contributed by atoms with E-state index in [9.17, 15) is 14.9 Å². The number of hydrogen-bond donors (Lipinski definition) is 2. The molecule has 0 atom stereocenters. The van der Waals surface area contributed by atoms with Crippen LogP contribution in [0.5, 0.6) is 11.8 Å². The maximum Gasteiger partial charge on any atom is 0.336 e. The standard InChI is InChI=1S/C11H11N5O5/c1-20-11-13-10(14-15-11)12-9(17)6-21-8-5-3-2-4-7(8)16(18)19/h2-5H,6H2,1H3,(H2,12,13,14,15,17). The average molecular weight is 293 g/mol. The van der Waals surface area contributed by atoms with Gasteiger partial charge in [-0.15, -0.1) is 5.10 Å². The molecule has 0 spiro atoms. The molecule has 1 aromatic carbocycles. The average Bonchev–Trinajstić information content (AvgIpc) is 2.93. The minimum Gasteiger partial charge on any atom is -0.477 e. The molecule has 0 saturated heterocycles. The lowest BCUT2D eigenvalue weighted by Crippen LogP contribution is -2.21. The Balaban J connectivity index is 1.94. The Hall–Kier alpha value is -3.17. The molecule has 1 amide bonds. The van der Waals surface area contributed by atoms with Gasteiger partial charge in [-0.3, -0.25) is 20.2 Å². The maximum atomic E-state index is 11.6. The van der Waals surface area contributed by atoms with Gasteiger partial charge in [0.2, 0.25) is 5.95 Å². The molecule has 0 bridgehead atoms. The summed E-state index contributed by atoms with van der Waals surface area (Å²) >= 11 is 0. The highest BCUT2D eigenvalue weighted by Gasteiger charge is 2.15. The SMILES string of the molecule is COc1n[nH]c(NC(=O)COc2ccccc2[N+](=O)[O-])n1. The fourth-order valence-electron chi connectivity index (χ4n) is 1.44. The fourth-order valence-corrected chi connectivity index (χ4v) is 1.44. The monoisotopic (exact) mass is 293 g/mol. The number of amides is 1. The highest BCUT2D eigenvalue weighted by atomic mass is 16.6. The highest BCUT2D eigenvalue weighted by molar-refractivity contribution is 5.90. The maximum absolute atomic E-state index is 11.6. The van der Waals surface area contributed by atoms with Crippen molar-refractivity contribution in [2.24, 2.45) is 0 Å². The third-order valence-corrected chi connectivity index (χ3v) is 2.33. The van der Waals surface area contributed by atoms with Gasteiger partial charge in [-0.2, -0.15) is 4.98 Å². The molecule has 0 saturated carbocycles. The van der Waals surface area contributed by atoms with Gasteiger partial charge in [0, 0.05) is 6.07 Å². The number of carbonyl (C=O) groups is 1. The zero-order chi connectivity index (χ0) is 15.2. The molecule has 0 unspecified atom stereocenters. The number of nitrogens with zero attached hydrogens (tertiary/aromatic N) is 3. The van der Waals surface area contributed by atoms with Gasteiger partial charge < -0.3 is 9.47 Å². The van der Waals surface area contributed by atoms with E-state index in [1.165, 1.54) is 25.3 Å². The van der Waals surface area contributed by atoms with Gasteiger partial charge in [0.15, 0.2) is 12.4 Å². The van der Waals surface area contributed by atoms with Crippen LogP contribution in [0.4, 0.5) is 11.6 Å². The Morgan fingerprint density at radius 2 is 2.24 bits per heavy atom. The molecule has 2 rings (SSSR count). The van der Waals surface area contributed by atoms with Crippen molar-refractivity contribution in [2.75, 3.05) is 19.0 Å². The van der Waals surface area contributed by atoms with Crippen molar-refractivity contribution in [1.82, 2.24) is 15.2 Å². The molecule has 0 radical (unpaired) electrons. The zero-order valence-electron chi connectivity index (χ0n) is 10.9.